The molecule has 3 aliphatic rings. The molecule has 2 bridgehead atoms. The molecule has 166 valence electrons. The van der Waals surface area contributed by atoms with Gasteiger partial charge in [-0.05, 0) is 73.5 Å². The lowest BCUT2D eigenvalue weighted by Gasteiger charge is -2.43. The first-order valence-corrected chi connectivity index (χ1v) is 12.5. The van der Waals surface area contributed by atoms with Crippen molar-refractivity contribution in [1.29, 1.82) is 0 Å². The summed E-state index contributed by atoms with van der Waals surface area (Å²) < 4.78 is 27.8. The van der Waals surface area contributed by atoms with E-state index in [0.29, 0.717) is 43.0 Å². The maximum absolute atomic E-state index is 13.2. The fourth-order valence-electron chi connectivity index (χ4n) is 6.12. The molecule has 1 aliphatic heterocycles. The number of sulfonamides is 1. The zero-order valence-corrected chi connectivity index (χ0v) is 19.3. The second-order valence-electron chi connectivity index (χ2n) is 10.4. The van der Waals surface area contributed by atoms with Crippen molar-refractivity contribution >= 4 is 15.9 Å². The van der Waals surface area contributed by atoms with E-state index < -0.39 is 16.1 Å². The van der Waals surface area contributed by atoms with Gasteiger partial charge in [-0.25, -0.2) is 8.42 Å². The van der Waals surface area contributed by atoms with Crippen LogP contribution in [0.5, 0.6) is 0 Å². The average molecular weight is 435 g/mol. The van der Waals surface area contributed by atoms with E-state index in [1.165, 1.54) is 16.8 Å². The zero-order valence-electron chi connectivity index (χ0n) is 18.4. The molecule has 7 heteroatoms. The highest BCUT2D eigenvalue weighted by Crippen LogP contribution is 2.62. The first kappa shape index (κ1) is 21.8. The zero-order chi connectivity index (χ0) is 21.9. The molecule has 1 aromatic carbocycles. The summed E-state index contributed by atoms with van der Waals surface area (Å²) in [4.78, 5) is 13.3. The number of carbonyl (C=O) groups is 1. The molecular formula is C23H34N2O4S. The highest BCUT2D eigenvalue weighted by Gasteiger charge is 2.59. The highest BCUT2D eigenvalue weighted by molar-refractivity contribution is 7.89. The second kappa shape index (κ2) is 7.31. The molecule has 2 N–H and O–H groups in total. The molecule has 0 spiro atoms. The maximum Gasteiger partial charge on any atom is 0.251 e. The van der Waals surface area contributed by atoms with E-state index in [9.17, 15) is 18.3 Å². The molecular weight excluding hydrogens is 400 g/mol. The van der Waals surface area contributed by atoms with Crippen molar-refractivity contribution < 1.29 is 18.3 Å². The Hall–Kier alpha value is -1.44. The molecule has 1 saturated heterocycles. The molecule has 1 heterocycles. The van der Waals surface area contributed by atoms with E-state index in [1.807, 2.05) is 0 Å². The van der Waals surface area contributed by atoms with Crippen molar-refractivity contribution in [3.8, 4) is 0 Å². The van der Waals surface area contributed by atoms with Crippen molar-refractivity contribution in [2.75, 3.05) is 13.1 Å². The van der Waals surface area contributed by atoms with Gasteiger partial charge in [-0.2, -0.15) is 4.31 Å². The van der Waals surface area contributed by atoms with Crippen molar-refractivity contribution in [2.45, 2.75) is 76.8 Å². The molecule has 4 rings (SSSR count). The summed E-state index contributed by atoms with van der Waals surface area (Å²) in [6.45, 7) is 9.10. The van der Waals surface area contributed by atoms with Gasteiger partial charge in [0.2, 0.25) is 10.0 Å². The molecule has 3 fully saturated rings. The number of nitrogens with zero attached hydrogens (tertiary/aromatic N) is 1. The number of aliphatic hydroxyl groups is 1. The molecule has 30 heavy (non-hydrogen) atoms. The number of rotatable bonds is 4. The summed E-state index contributed by atoms with van der Waals surface area (Å²) in [5, 5.41) is 13.0. The van der Waals surface area contributed by atoms with Crippen molar-refractivity contribution in [3.05, 3.63) is 29.3 Å². The third kappa shape index (κ3) is 3.49. The number of nitrogens with one attached hydrogen (secondary N) is 1. The SMILES string of the molecule is Cc1ccc(C(=O)NC2C3(C)CC[C@H](C3)C2(C)C)cc1S(=O)(=O)N1CCC(O)CC1. The fraction of sp³-hybridized carbons (Fsp3) is 0.696. The normalized spacial score (nSPS) is 31.8. The van der Waals surface area contributed by atoms with Gasteiger partial charge in [0.05, 0.1) is 11.0 Å². The van der Waals surface area contributed by atoms with Crippen LogP contribution in [0.15, 0.2) is 23.1 Å². The van der Waals surface area contributed by atoms with Crippen LogP contribution in [0.2, 0.25) is 0 Å². The highest BCUT2D eigenvalue weighted by atomic mass is 32.2. The Morgan fingerprint density at radius 3 is 2.43 bits per heavy atom. The number of hydrogen-bond donors (Lipinski definition) is 2. The number of piperidine rings is 1. The van der Waals surface area contributed by atoms with Gasteiger partial charge < -0.3 is 10.4 Å². The van der Waals surface area contributed by atoms with E-state index in [2.05, 4.69) is 26.1 Å². The minimum Gasteiger partial charge on any atom is -0.393 e. The minimum absolute atomic E-state index is 0.0386. The van der Waals surface area contributed by atoms with Crippen LogP contribution >= 0.6 is 0 Å². The first-order valence-electron chi connectivity index (χ1n) is 11.0. The predicted molar refractivity (Wildman–Crippen MR) is 116 cm³/mol. The molecule has 2 saturated carbocycles. The number of benzene rings is 1. The summed E-state index contributed by atoms with van der Waals surface area (Å²) in [6, 6.07) is 5.04. The lowest BCUT2D eigenvalue weighted by atomic mass is 9.68. The lowest BCUT2D eigenvalue weighted by molar-refractivity contribution is 0.0737. The molecule has 0 radical (unpaired) electrons. The Balaban J connectivity index is 1.58. The monoisotopic (exact) mass is 434 g/mol. The van der Waals surface area contributed by atoms with Gasteiger partial charge in [-0.1, -0.05) is 26.8 Å². The van der Waals surface area contributed by atoms with E-state index in [0.717, 1.165) is 12.8 Å². The van der Waals surface area contributed by atoms with Crippen LogP contribution in [0.3, 0.4) is 0 Å². The third-order valence-corrected chi connectivity index (χ3v) is 10.1. The average Bonchev–Trinajstić information content (AvgIpc) is 3.16. The minimum atomic E-state index is -3.70. The van der Waals surface area contributed by atoms with Crippen LogP contribution in [0.25, 0.3) is 0 Å². The van der Waals surface area contributed by atoms with Gasteiger partial charge in [0.15, 0.2) is 0 Å². The van der Waals surface area contributed by atoms with E-state index in [-0.39, 0.29) is 27.7 Å². The molecule has 1 aromatic rings. The van der Waals surface area contributed by atoms with Crippen LogP contribution in [0.4, 0.5) is 0 Å². The molecule has 6 nitrogen and oxygen atoms in total. The fourth-order valence-corrected chi connectivity index (χ4v) is 7.84. The second-order valence-corrected chi connectivity index (χ2v) is 12.3. The summed E-state index contributed by atoms with van der Waals surface area (Å²) in [7, 11) is -3.70. The smallest absolute Gasteiger partial charge is 0.251 e. The van der Waals surface area contributed by atoms with Crippen LogP contribution in [-0.2, 0) is 10.0 Å². The van der Waals surface area contributed by atoms with Gasteiger partial charge in [0, 0.05) is 24.7 Å². The standard InChI is InChI=1S/C23H34N2O4S/c1-15-5-6-16(13-19(15)30(28,29)25-11-8-18(26)9-12-25)20(27)24-21-22(2,3)17-7-10-23(21,4)14-17/h5-6,13,17-18,21,26H,7-12,14H2,1-4H3,(H,24,27)/t17-,21?,23?/m1/s1. The van der Waals surface area contributed by atoms with Crippen LogP contribution in [0.1, 0.15) is 68.8 Å². The van der Waals surface area contributed by atoms with Gasteiger partial charge in [0.25, 0.3) is 5.91 Å². The Labute approximate surface area is 180 Å². The quantitative estimate of drug-likeness (QED) is 0.762. The maximum atomic E-state index is 13.2. The Morgan fingerprint density at radius 1 is 1.17 bits per heavy atom. The number of carbonyl (C=O) groups excluding carboxylic acids is 1. The van der Waals surface area contributed by atoms with Gasteiger partial charge in [-0.3, -0.25) is 4.79 Å². The molecule has 0 aromatic heterocycles. The third-order valence-electron chi connectivity index (χ3n) is 8.04. The van der Waals surface area contributed by atoms with Crippen molar-refractivity contribution in [1.82, 2.24) is 9.62 Å². The molecule has 2 aliphatic carbocycles. The van der Waals surface area contributed by atoms with Gasteiger partial charge in [-0.15, -0.1) is 0 Å². The van der Waals surface area contributed by atoms with E-state index in [1.54, 1.807) is 19.1 Å². The molecule has 2 unspecified atom stereocenters. The number of fused-ring (bicyclic) bond motifs is 2. The van der Waals surface area contributed by atoms with Crippen LogP contribution in [0, 0.1) is 23.7 Å². The predicted octanol–water partition coefficient (Wildman–Crippen LogP) is 3.09. The molecule has 1 amide bonds. The van der Waals surface area contributed by atoms with E-state index in [4.69, 9.17) is 0 Å². The number of aliphatic hydroxyl groups excluding tert-OH is 1. The van der Waals surface area contributed by atoms with Crippen molar-refractivity contribution in [2.24, 2.45) is 16.7 Å². The van der Waals surface area contributed by atoms with E-state index >= 15 is 0 Å². The lowest BCUT2D eigenvalue weighted by Crippen LogP contribution is -2.52. The molecule has 3 atom stereocenters. The summed E-state index contributed by atoms with van der Waals surface area (Å²) in [5.41, 5.74) is 1.16. The number of amides is 1. The van der Waals surface area contributed by atoms with Gasteiger partial charge >= 0.3 is 0 Å². The Bertz CT molecular complexity index is 945. The van der Waals surface area contributed by atoms with Gasteiger partial charge in [0.1, 0.15) is 0 Å². The topological polar surface area (TPSA) is 86.7 Å². The largest absolute Gasteiger partial charge is 0.393 e. The van der Waals surface area contributed by atoms with Crippen molar-refractivity contribution in [3.63, 3.8) is 0 Å². The Kier molecular flexibility index (Phi) is 5.31. The summed E-state index contributed by atoms with van der Waals surface area (Å²) in [5.74, 6) is 0.420. The number of hydrogen-bond acceptors (Lipinski definition) is 4. The van der Waals surface area contributed by atoms with Crippen LogP contribution < -0.4 is 5.32 Å². The summed E-state index contributed by atoms with van der Waals surface area (Å²) >= 11 is 0. The van der Waals surface area contributed by atoms with Crippen LogP contribution in [-0.4, -0.2) is 49.0 Å². The Morgan fingerprint density at radius 2 is 1.83 bits per heavy atom. The number of aryl methyl sites for hydroxylation is 1. The first-order chi connectivity index (χ1) is 13.9. The summed E-state index contributed by atoms with van der Waals surface area (Å²) in [6.07, 6.45) is 3.91.